The third-order valence-corrected chi connectivity index (χ3v) is 5.61. The number of ether oxygens (including phenoxy) is 4. The van der Waals surface area contributed by atoms with Gasteiger partial charge >= 0.3 is 12.0 Å². The third kappa shape index (κ3) is 5.43. The van der Waals surface area contributed by atoms with Crippen molar-refractivity contribution in [2.45, 2.75) is 11.6 Å². The van der Waals surface area contributed by atoms with Gasteiger partial charge in [-0.05, 0) is 11.1 Å². The minimum absolute atomic E-state index is 0.117. The second kappa shape index (κ2) is 10.5. The number of carbonyl (C=O) groups excluding carboxylic acids is 1. The number of aromatic nitrogens is 2. The van der Waals surface area contributed by atoms with Crippen LogP contribution in [-0.4, -0.2) is 58.0 Å². The predicted octanol–water partition coefficient (Wildman–Crippen LogP) is 1.91. The van der Waals surface area contributed by atoms with E-state index in [0.29, 0.717) is 11.1 Å². The number of rotatable bonds is 10. The summed E-state index contributed by atoms with van der Waals surface area (Å²) in [5.74, 6) is -0.632. The summed E-state index contributed by atoms with van der Waals surface area (Å²) >= 11 is 0. The Morgan fingerprint density at radius 3 is 1.74 bits per heavy atom. The zero-order chi connectivity index (χ0) is 24.8. The predicted molar refractivity (Wildman–Crippen MR) is 123 cm³/mol. The summed E-state index contributed by atoms with van der Waals surface area (Å²) in [5, 5.41) is 0. The van der Waals surface area contributed by atoms with Gasteiger partial charge in [0.2, 0.25) is 27.9 Å². The van der Waals surface area contributed by atoms with E-state index >= 15 is 0 Å². The van der Waals surface area contributed by atoms with E-state index < -0.39 is 27.6 Å². The lowest BCUT2D eigenvalue weighted by Gasteiger charge is -2.39. The molecule has 1 N–H and O–H groups in total. The molecule has 1 aromatic heterocycles. The van der Waals surface area contributed by atoms with Crippen LogP contribution >= 0.6 is 0 Å². The summed E-state index contributed by atoms with van der Waals surface area (Å²) in [7, 11) is 0.0540. The van der Waals surface area contributed by atoms with Crippen molar-refractivity contribution in [2.24, 2.45) is 0 Å². The van der Waals surface area contributed by atoms with Gasteiger partial charge in [-0.25, -0.2) is 13.2 Å². The molecule has 1 atom stereocenters. The molecule has 2 aromatic carbocycles. The van der Waals surface area contributed by atoms with Crippen LogP contribution in [0.1, 0.15) is 11.1 Å². The van der Waals surface area contributed by atoms with E-state index in [4.69, 9.17) is 18.9 Å². The molecule has 180 valence electrons. The van der Waals surface area contributed by atoms with E-state index in [1.165, 1.54) is 27.4 Å². The highest BCUT2D eigenvalue weighted by Gasteiger charge is 2.51. The first-order valence-electron chi connectivity index (χ1n) is 10.0. The summed E-state index contributed by atoms with van der Waals surface area (Å²) < 4.78 is 49.3. The van der Waals surface area contributed by atoms with Crippen molar-refractivity contribution in [3.63, 3.8) is 0 Å². The highest BCUT2D eigenvalue weighted by atomic mass is 32.2. The summed E-state index contributed by atoms with van der Waals surface area (Å²) in [5.41, 5.74) is -0.892. The van der Waals surface area contributed by atoms with Gasteiger partial charge in [0.05, 0.1) is 33.7 Å². The fourth-order valence-electron chi connectivity index (χ4n) is 3.51. The second-order valence-electron chi connectivity index (χ2n) is 7.17. The monoisotopic (exact) mass is 487 g/mol. The maximum Gasteiger partial charge on any atom is 0.349 e. The quantitative estimate of drug-likeness (QED) is 0.427. The minimum atomic E-state index is -3.91. The molecule has 10 nitrogen and oxygen atoms in total. The number of methoxy groups -OCH3 is 3. The first-order valence-corrected chi connectivity index (χ1v) is 11.9. The standard InChI is InChI=1S/C23H25N3O7S/c1-30-18-15-19(31-2)25-22(24-18)33-20(21(27)32-3)23(26-34(4,28)29,16-11-7-5-8-12-16)17-13-9-6-10-14-17/h5-15,20,26H,1-4H3. The SMILES string of the molecule is COC(=O)C(Oc1nc(OC)cc(OC)n1)C(NS(C)(=O)=O)(c1ccccc1)c1ccccc1. The van der Waals surface area contributed by atoms with Gasteiger partial charge < -0.3 is 18.9 Å². The Hall–Kier alpha value is -3.70. The molecule has 1 unspecified atom stereocenters. The summed E-state index contributed by atoms with van der Waals surface area (Å²) in [4.78, 5) is 21.5. The van der Waals surface area contributed by atoms with Crippen LogP contribution in [0.5, 0.6) is 17.8 Å². The van der Waals surface area contributed by atoms with Gasteiger partial charge in [0.15, 0.2) is 0 Å². The molecule has 0 aliphatic carbocycles. The van der Waals surface area contributed by atoms with Crippen LogP contribution in [0.25, 0.3) is 0 Å². The molecule has 3 aromatic rings. The van der Waals surface area contributed by atoms with Crippen molar-refractivity contribution in [3.05, 3.63) is 77.9 Å². The summed E-state index contributed by atoms with van der Waals surface area (Å²) in [6.45, 7) is 0. The summed E-state index contributed by atoms with van der Waals surface area (Å²) in [6.07, 6.45) is -0.596. The highest BCUT2D eigenvalue weighted by molar-refractivity contribution is 7.88. The lowest BCUT2D eigenvalue weighted by atomic mass is 9.79. The molecule has 0 aliphatic heterocycles. The summed E-state index contributed by atoms with van der Waals surface area (Å²) in [6, 6.07) is 18.3. The molecule has 0 aliphatic rings. The molecule has 0 fully saturated rings. The molecule has 11 heteroatoms. The van der Waals surface area contributed by atoms with Crippen LogP contribution in [0.3, 0.4) is 0 Å². The molecule has 0 bridgehead atoms. The van der Waals surface area contributed by atoms with Gasteiger partial charge in [0.1, 0.15) is 5.54 Å². The molecule has 0 saturated heterocycles. The average molecular weight is 488 g/mol. The van der Waals surface area contributed by atoms with E-state index in [0.717, 1.165) is 6.26 Å². The number of carbonyl (C=O) groups is 1. The molecule has 0 radical (unpaired) electrons. The molecule has 0 saturated carbocycles. The van der Waals surface area contributed by atoms with Crippen LogP contribution < -0.4 is 18.9 Å². The molecular weight excluding hydrogens is 462 g/mol. The van der Waals surface area contributed by atoms with Gasteiger partial charge in [-0.1, -0.05) is 60.7 Å². The Morgan fingerprint density at radius 1 is 0.882 bits per heavy atom. The van der Waals surface area contributed by atoms with Gasteiger partial charge in [-0.3, -0.25) is 0 Å². The number of esters is 1. The van der Waals surface area contributed by atoms with E-state index in [1.807, 2.05) is 0 Å². The zero-order valence-electron chi connectivity index (χ0n) is 19.1. The Labute approximate surface area is 197 Å². The number of nitrogens with one attached hydrogen (secondary N) is 1. The molecule has 3 rings (SSSR count). The van der Waals surface area contributed by atoms with Crippen LogP contribution in [0, 0.1) is 0 Å². The van der Waals surface area contributed by atoms with Crippen LogP contribution in [0.15, 0.2) is 66.7 Å². The minimum Gasteiger partial charge on any atom is -0.481 e. The Morgan fingerprint density at radius 2 is 1.35 bits per heavy atom. The van der Waals surface area contributed by atoms with Gasteiger partial charge in [-0.15, -0.1) is 0 Å². The zero-order valence-corrected chi connectivity index (χ0v) is 19.9. The fraction of sp³-hybridized carbons (Fsp3) is 0.261. The van der Waals surface area contributed by atoms with E-state index in [2.05, 4.69) is 14.7 Å². The normalized spacial score (nSPS) is 12.5. The Balaban J connectivity index is 2.32. The van der Waals surface area contributed by atoms with Gasteiger partial charge in [-0.2, -0.15) is 14.7 Å². The van der Waals surface area contributed by atoms with Gasteiger partial charge in [0.25, 0.3) is 0 Å². The maximum absolute atomic E-state index is 13.2. The molecule has 1 heterocycles. The van der Waals surface area contributed by atoms with Crippen molar-refractivity contribution in [1.82, 2.24) is 14.7 Å². The Kier molecular flexibility index (Phi) is 7.69. The smallest absolute Gasteiger partial charge is 0.349 e. The first kappa shape index (κ1) is 24.9. The average Bonchev–Trinajstić information content (AvgIpc) is 2.85. The lowest BCUT2D eigenvalue weighted by molar-refractivity contribution is -0.152. The highest BCUT2D eigenvalue weighted by Crippen LogP contribution is 2.37. The van der Waals surface area contributed by atoms with E-state index in [9.17, 15) is 13.2 Å². The lowest BCUT2D eigenvalue weighted by Crippen LogP contribution is -2.59. The van der Waals surface area contributed by atoms with Crippen molar-refractivity contribution in [2.75, 3.05) is 27.6 Å². The maximum atomic E-state index is 13.2. The van der Waals surface area contributed by atoms with E-state index in [-0.39, 0.29) is 17.8 Å². The topological polar surface area (TPSA) is 126 Å². The van der Waals surface area contributed by atoms with Crippen LogP contribution in [0.4, 0.5) is 0 Å². The molecule has 0 spiro atoms. The molecular formula is C23H25N3O7S. The van der Waals surface area contributed by atoms with Crippen molar-refractivity contribution >= 4 is 16.0 Å². The number of hydrogen-bond acceptors (Lipinski definition) is 9. The first-order chi connectivity index (χ1) is 16.2. The molecule has 34 heavy (non-hydrogen) atoms. The fourth-order valence-corrected chi connectivity index (χ4v) is 4.43. The number of hydrogen-bond donors (Lipinski definition) is 1. The second-order valence-corrected chi connectivity index (χ2v) is 8.92. The number of benzene rings is 2. The van der Waals surface area contributed by atoms with Crippen LogP contribution in [-0.2, 0) is 25.1 Å². The van der Waals surface area contributed by atoms with Crippen molar-refractivity contribution in [3.8, 4) is 17.8 Å². The number of sulfonamides is 1. The van der Waals surface area contributed by atoms with Crippen molar-refractivity contribution < 1.29 is 32.2 Å². The van der Waals surface area contributed by atoms with Crippen molar-refractivity contribution in [1.29, 1.82) is 0 Å². The largest absolute Gasteiger partial charge is 0.481 e. The van der Waals surface area contributed by atoms with Gasteiger partial charge in [0, 0.05) is 0 Å². The Bertz CT molecular complexity index is 1160. The van der Waals surface area contributed by atoms with E-state index in [1.54, 1.807) is 60.7 Å². The molecule has 0 amide bonds. The number of nitrogens with zero attached hydrogens (tertiary/aromatic N) is 2. The third-order valence-electron chi connectivity index (χ3n) is 4.91. The van der Waals surface area contributed by atoms with Crippen LogP contribution in [0.2, 0.25) is 0 Å².